The number of nitrogens with one attached hydrogen (secondary N) is 2. The Labute approximate surface area is 135 Å². The Morgan fingerprint density at radius 1 is 0.909 bits per heavy atom. The second-order valence-electron chi connectivity index (χ2n) is 7.28. The third kappa shape index (κ3) is 4.06. The van der Waals surface area contributed by atoms with Crippen molar-refractivity contribution in [3.63, 3.8) is 0 Å². The van der Waals surface area contributed by atoms with Gasteiger partial charge in [0.2, 0.25) is 0 Å². The van der Waals surface area contributed by atoms with Crippen molar-refractivity contribution in [3.05, 3.63) is 29.3 Å². The molecule has 1 aromatic rings. The van der Waals surface area contributed by atoms with Gasteiger partial charge in [-0.15, -0.1) is 0 Å². The topological polar surface area (TPSA) is 24.1 Å². The molecule has 0 saturated heterocycles. The van der Waals surface area contributed by atoms with E-state index in [9.17, 15) is 0 Å². The first-order valence-electron chi connectivity index (χ1n) is 9.03. The van der Waals surface area contributed by atoms with Gasteiger partial charge < -0.3 is 10.6 Å². The van der Waals surface area contributed by atoms with Crippen LogP contribution in [-0.4, -0.2) is 12.1 Å². The lowest BCUT2D eigenvalue weighted by Gasteiger charge is -2.19. The Morgan fingerprint density at radius 3 is 2.09 bits per heavy atom. The highest BCUT2D eigenvalue weighted by atomic mass is 14.9. The van der Waals surface area contributed by atoms with Gasteiger partial charge in [-0.25, -0.2) is 0 Å². The number of anilines is 2. The highest BCUT2D eigenvalue weighted by Gasteiger charge is 2.17. The second-order valence-corrected chi connectivity index (χ2v) is 7.28. The predicted octanol–water partition coefficient (Wildman–Crippen LogP) is 5.82. The normalized spacial score (nSPS) is 19.4. The van der Waals surface area contributed by atoms with Gasteiger partial charge in [-0.05, 0) is 57.2 Å². The smallest absolute Gasteiger partial charge is 0.0436 e. The van der Waals surface area contributed by atoms with Gasteiger partial charge in [-0.2, -0.15) is 0 Å². The van der Waals surface area contributed by atoms with Crippen LogP contribution in [0.3, 0.4) is 0 Å². The Bertz CT molecular complexity index is 517. The van der Waals surface area contributed by atoms with Crippen LogP contribution in [0.2, 0.25) is 0 Å². The van der Waals surface area contributed by atoms with Gasteiger partial charge in [-0.3, -0.25) is 0 Å². The summed E-state index contributed by atoms with van der Waals surface area (Å²) in [5.41, 5.74) is 5.25. The fourth-order valence-corrected chi connectivity index (χ4v) is 3.80. The van der Waals surface area contributed by atoms with Crippen LogP contribution in [0.5, 0.6) is 0 Å². The molecule has 0 spiro atoms. The molecule has 0 radical (unpaired) electrons. The summed E-state index contributed by atoms with van der Waals surface area (Å²) in [5, 5.41) is 7.52. The molecule has 0 amide bonds. The van der Waals surface area contributed by atoms with E-state index < -0.39 is 0 Å². The van der Waals surface area contributed by atoms with Crippen molar-refractivity contribution in [2.24, 2.45) is 0 Å². The van der Waals surface area contributed by atoms with Crippen LogP contribution in [0.25, 0.3) is 6.08 Å². The molecule has 22 heavy (non-hydrogen) atoms. The van der Waals surface area contributed by atoms with E-state index in [0.29, 0.717) is 12.1 Å². The minimum Gasteiger partial charge on any atom is -0.382 e. The zero-order valence-corrected chi connectivity index (χ0v) is 14.1. The molecule has 2 aliphatic rings. The third-order valence-electron chi connectivity index (χ3n) is 4.94. The van der Waals surface area contributed by atoms with Gasteiger partial charge in [-0.1, -0.05) is 43.4 Å². The molecule has 120 valence electrons. The van der Waals surface area contributed by atoms with E-state index in [1.165, 1.54) is 73.9 Å². The molecule has 2 nitrogen and oxygen atoms in total. The first kappa shape index (κ1) is 15.5. The van der Waals surface area contributed by atoms with E-state index in [0.717, 1.165) is 0 Å². The molecule has 0 atom stereocenters. The molecule has 0 heterocycles. The SMILES string of the molecule is CC(C)=Cc1ccc(NC2CCCC2)cc1NC1CCCC1. The summed E-state index contributed by atoms with van der Waals surface area (Å²) in [4.78, 5) is 0. The van der Waals surface area contributed by atoms with Crippen molar-refractivity contribution in [3.8, 4) is 0 Å². The van der Waals surface area contributed by atoms with Gasteiger partial charge in [0.05, 0.1) is 0 Å². The van der Waals surface area contributed by atoms with Crippen LogP contribution in [0.15, 0.2) is 23.8 Å². The van der Waals surface area contributed by atoms with Gasteiger partial charge in [0.15, 0.2) is 0 Å². The maximum atomic E-state index is 3.80. The van der Waals surface area contributed by atoms with Crippen LogP contribution in [0.1, 0.15) is 70.8 Å². The average molecular weight is 298 g/mol. The van der Waals surface area contributed by atoms with Crippen molar-refractivity contribution in [2.45, 2.75) is 77.3 Å². The van der Waals surface area contributed by atoms with Crippen molar-refractivity contribution in [1.29, 1.82) is 0 Å². The summed E-state index contributed by atoms with van der Waals surface area (Å²) in [6, 6.07) is 8.17. The van der Waals surface area contributed by atoms with Gasteiger partial charge in [0.25, 0.3) is 0 Å². The van der Waals surface area contributed by atoms with Crippen LogP contribution < -0.4 is 10.6 Å². The number of rotatable bonds is 5. The molecular weight excluding hydrogens is 268 g/mol. The summed E-state index contributed by atoms with van der Waals surface area (Å²) >= 11 is 0. The number of hydrogen-bond acceptors (Lipinski definition) is 2. The monoisotopic (exact) mass is 298 g/mol. The average Bonchev–Trinajstić information content (AvgIpc) is 3.15. The lowest BCUT2D eigenvalue weighted by Crippen LogP contribution is -2.17. The predicted molar refractivity (Wildman–Crippen MR) is 97.5 cm³/mol. The molecule has 3 rings (SSSR count). The van der Waals surface area contributed by atoms with Crippen molar-refractivity contribution in [1.82, 2.24) is 0 Å². The summed E-state index contributed by atoms with van der Waals surface area (Å²) in [5.74, 6) is 0. The fourth-order valence-electron chi connectivity index (χ4n) is 3.80. The van der Waals surface area contributed by atoms with Crippen LogP contribution in [0.4, 0.5) is 11.4 Å². The van der Waals surface area contributed by atoms with Gasteiger partial charge in [0.1, 0.15) is 0 Å². The zero-order chi connectivity index (χ0) is 15.4. The summed E-state index contributed by atoms with van der Waals surface area (Å²) in [6.07, 6.45) is 13.1. The molecular formula is C20H30N2. The molecule has 1 aromatic carbocycles. The Balaban J connectivity index is 1.78. The minimum absolute atomic E-state index is 0.658. The van der Waals surface area contributed by atoms with Crippen LogP contribution in [0, 0.1) is 0 Å². The summed E-state index contributed by atoms with van der Waals surface area (Å²) in [7, 11) is 0. The number of hydrogen-bond donors (Lipinski definition) is 2. The minimum atomic E-state index is 0.658. The molecule has 2 fully saturated rings. The lowest BCUT2D eigenvalue weighted by atomic mass is 10.1. The highest BCUT2D eigenvalue weighted by Crippen LogP contribution is 2.30. The molecule has 2 heteroatoms. The Morgan fingerprint density at radius 2 is 1.50 bits per heavy atom. The summed E-state index contributed by atoms with van der Waals surface area (Å²) in [6.45, 7) is 4.34. The Hall–Kier alpha value is -1.44. The number of allylic oxidation sites excluding steroid dienone is 1. The first-order valence-corrected chi connectivity index (χ1v) is 9.03. The standard InChI is InChI=1S/C20H30N2/c1-15(2)13-16-11-12-19(21-17-7-3-4-8-17)14-20(16)22-18-9-5-6-10-18/h11-14,17-18,21-22H,3-10H2,1-2H3. The molecule has 0 aromatic heterocycles. The zero-order valence-electron chi connectivity index (χ0n) is 14.1. The van der Waals surface area contributed by atoms with Crippen molar-refractivity contribution >= 4 is 17.5 Å². The fraction of sp³-hybridized carbons (Fsp3) is 0.600. The van der Waals surface area contributed by atoms with E-state index in [4.69, 9.17) is 0 Å². The van der Waals surface area contributed by atoms with Crippen LogP contribution in [-0.2, 0) is 0 Å². The molecule has 0 aliphatic heterocycles. The molecule has 2 N–H and O–H groups in total. The largest absolute Gasteiger partial charge is 0.382 e. The van der Waals surface area contributed by atoms with E-state index >= 15 is 0 Å². The summed E-state index contributed by atoms with van der Waals surface area (Å²) < 4.78 is 0. The van der Waals surface area contributed by atoms with E-state index in [-0.39, 0.29) is 0 Å². The molecule has 0 bridgehead atoms. The van der Waals surface area contributed by atoms with Gasteiger partial charge in [0, 0.05) is 23.5 Å². The van der Waals surface area contributed by atoms with Crippen molar-refractivity contribution in [2.75, 3.05) is 10.6 Å². The van der Waals surface area contributed by atoms with Crippen molar-refractivity contribution < 1.29 is 0 Å². The highest BCUT2D eigenvalue weighted by molar-refractivity contribution is 5.72. The molecule has 2 saturated carbocycles. The third-order valence-corrected chi connectivity index (χ3v) is 4.94. The lowest BCUT2D eigenvalue weighted by molar-refractivity contribution is 0.751. The van der Waals surface area contributed by atoms with Crippen LogP contribution >= 0.6 is 0 Å². The maximum Gasteiger partial charge on any atom is 0.0436 e. The quantitative estimate of drug-likeness (QED) is 0.716. The Kier molecular flexibility index (Phi) is 5.07. The van der Waals surface area contributed by atoms with E-state index in [2.05, 4.69) is 48.8 Å². The first-order chi connectivity index (χ1) is 10.7. The molecule has 2 aliphatic carbocycles. The van der Waals surface area contributed by atoms with E-state index in [1.807, 2.05) is 0 Å². The second kappa shape index (κ2) is 7.21. The maximum absolute atomic E-state index is 3.80. The van der Waals surface area contributed by atoms with Gasteiger partial charge >= 0.3 is 0 Å². The van der Waals surface area contributed by atoms with E-state index in [1.54, 1.807) is 0 Å². The number of benzene rings is 1. The molecule has 0 unspecified atom stereocenters.